The van der Waals surface area contributed by atoms with E-state index in [0.29, 0.717) is 18.6 Å². The van der Waals surface area contributed by atoms with E-state index in [9.17, 15) is 13.2 Å². The van der Waals surface area contributed by atoms with Crippen molar-refractivity contribution in [1.29, 1.82) is 0 Å². The van der Waals surface area contributed by atoms with E-state index in [-0.39, 0.29) is 18.0 Å². The van der Waals surface area contributed by atoms with Crippen molar-refractivity contribution < 1.29 is 23.2 Å². The summed E-state index contributed by atoms with van der Waals surface area (Å²) in [6.07, 6.45) is 2.62. The first kappa shape index (κ1) is 19.2. The van der Waals surface area contributed by atoms with Gasteiger partial charge in [-0.15, -0.1) is 5.92 Å². The second-order valence-electron chi connectivity index (χ2n) is 5.64. The third kappa shape index (κ3) is 4.72. The molecule has 0 bridgehead atoms. The SMILES string of the molecule is CC#CCOc1ccc(S(=O)(=O)N2CCCCCC2C(=O)NO)cc1. The number of ether oxygens (including phenoxy) is 1. The lowest BCUT2D eigenvalue weighted by Gasteiger charge is -2.27. The van der Waals surface area contributed by atoms with Crippen LogP contribution in [-0.2, 0) is 14.8 Å². The van der Waals surface area contributed by atoms with Crippen LogP contribution in [0.4, 0.5) is 0 Å². The third-order valence-corrected chi connectivity index (χ3v) is 5.96. The van der Waals surface area contributed by atoms with Crippen molar-refractivity contribution in [1.82, 2.24) is 9.79 Å². The van der Waals surface area contributed by atoms with Crippen LogP contribution in [0.15, 0.2) is 29.2 Å². The van der Waals surface area contributed by atoms with Gasteiger partial charge in [0.05, 0.1) is 4.90 Å². The third-order valence-electron chi connectivity index (χ3n) is 4.03. The minimum atomic E-state index is -3.85. The van der Waals surface area contributed by atoms with Crippen molar-refractivity contribution in [3.63, 3.8) is 0 Å². The Labute approximate surface area is 148 Å². The normalized spacial score (nSPS) is 18.6. The maximum Gasteiger partial charge on any atom is 0.261 e. The van der Waals surface area contributed by atoms with Gasteiger partial charge in [-0.25, -0.2) is 13.9 Å². The van der Waals surface area contributed by atoms with Crippen molar-refractivity contribution in [2.45, 2.75) is 43.5 Å². The molecule has 1 saturated heterocycles. The number of hydroxylamine groups is 1. The highest BCUT2D eigenvalue weighted by molar-refractivity contribution is 7.89. The lowest BCUT2D eigenvalue weighted by atomic mass is 10.1. The summed E-state index contributed by atoms with van der Waals surface area (Å²) in [5.41, 5.74) is 1.58. The summed E-state index contributed by atoms with van der Waals surface area (Å²) in [4.78, 5) is 12.0. The molecule has 1 aliphatic heterocycles. The standard InChI is InChI=1S/C17H22N2O5S/c1-2-3-13-24-14-8-10-15(11-9-14)25(22,23)19-12-6-4-5-7-16(19)17(20)18-21/h8-11,16,21H,4-7,12-13H2,1H3,(H,18,20). The Bertz CT molecular complexity index is 749. The van der Waals surface area contributed by atoms with Gasteiger partial charge in [-0.1, -0.05) is 18.8 Å². The summed E-state index contributed by atoms with van der Waals surface area (Å²) >= 11 is 0. The van der Waals surface area contributed by atoms with Crippen LogP contribution in [0.1, 0.15) is 32.6 Å². The lowest BCUT2D eigenvalue weighted by molar-refractivity contribution is -0.133. The number of carbonyl (C=O) groups excluding carboxylic acids is 1. The summed E-state index contributed by atoms with van der Waals surface area (Å²) in [5, 5.41) is 8.92. The fraction of sp³-hybridized carbons (Fsp3) is 0.471. The summed E-state index contributed by atoms with van der Waals surface area (Å²) < 4.78 is 32.4. The molecular formula is C17H22N2O5S. The van der Waals surface area contributed by atoms with Crippen molar-refractivity contribution in [2.75, 3.05) is 13.2 Å². The average molecular weight is 366 g/mol. The molecule has 1 aromatic rings. The van der Waals surface area contributed by atoms with Gasteiger partial charge < -0.3 is 4.74 Å². The Hall–Kier alpha value is -2.08. The molecule has 2 rings (SSSR count). The highest BCUT2D eigenvalue weighted by atomic mass is 32.2. The van der Waals surface area contributed by atoms with Crippen LogP contribution in [0.2, 0.25) is 0 Å². The van der Waals surface area contributed by atoms with Crippen LogP contribution in [0.5, 0.6) is 5.75 Å². The molecule has 1 fully saturated rings. The van der Waals surface area contributed by atoms with E-state index in [1.54, 1.807) is 24.5 Å². The van der Waals surface area contributed by atoms with Crippen LogP contribution in [0, 0.1) is 11.8 Å². The van der Waals surface area contributed by atoms with E-state index >= 15 is 0 Å². The second-order valence-corrected chi connectivity index (χ2v) is 7.53. The minimum Gasteiger partial charge on any atom is -0.481 e. The van der Waals surface area contributed by atoms with Crippen LogP contribution >= 0.6 is 0 Å². The minimum absolute atomic E-state index is 0.0825. The Kier molecular flexibility index (Phi) is 6.82. The van der Waals surface area contributed by atoms with Crippen molar-refractivity contribution >= 4 is 15.9 Å². The molecule has 1 atom stereocenters. The molecule has 1 aromatic carbocycles. The Morgan fingerprint density at radius 1 is 1.32 bits per heavy atom. The van der Waals surface area contributed by atoms with Gasteiger partial charge in [0.25, 0.3) is 5.91 Å². The number of nitrogens with zero attached hydrogens (tertiary/aromatic N) is 1. The van der Waals surface area contributed by atoms with Gasteiger partial charge in [-0.05, 0) is 44.0 Å². The monoisotopic (exact) mass is 366 g/mol. The maximum absolute atomic E-state index is 12.9. The fourth-order valence-corrected chi connectivity index (χ4v) is 4.40. The number of hydrogen-bond donors (Lipinski definition) is 2. The van der Waals surface area contributed by atoms with Gasteiger partial charge in [0.2, 0.25) is 10.0 Å². The van der Waals surface area contributed by atoms with E-state index in [4.69, 9.17) is 9.94 Å². The molecule has 25 heavy (non-hydrogen) atoms. The fourth-order valence-electron chi connectivity index (χ4n) is 2.74. The van der Waals surface area contributed by atoms with Crippen molar-refractivity contribution in [3.8, 4) is 17.6 Å². The molecule has 0 aromatic heterocycles. The molecule has 0 saturated carbocycles. The Morgan fingerprint density at radius 3 is 2.68 bits per heavy atom. The second kappa shape index (κ2) is 8.85. The topological polar surface area (TPSA) is 95.9 Å². The summed E-state index contributed by atoms with van der Waals surface area (Å²) in [5.74, 6) is 5.28. The quantitative estimate of drug-likeness (QED) is 0.468. The van der Waals surface area contributed by atoms with Gasteiger partial charge in [-0.3, -0.25) is 10.0 Å². The molecule has 2 N–H and O–H groups in total. The Morgan fingerprint density at radius 2 is 2.04 bits per heavy atom. The highest BCUT2D eigenvalue weighted by Crippen LogP contribution is 2.26. The average Bonchev–Trinajstić information content (AvgIpc) is 2.88. The highest BCUT2D eigenvalue weighted by Gasteiger charge is 2.36. The maximum atomic E-state index is 12.9. The van der Waals surface area contributed by atoms with E-state index in [0.717, 1.165) is 12.8 Å². The molecule has 136 valence electrons. The van der Waals surface area contributed by atoms with Crippen LogP contribution in [0.3, 0.4) is 0 Å². The summed E-state index contributed by atoms with van der Waals surface area (Å²) in [6, 6.07) is 5.10. The Balaban J connectivity index is 2.24. The molecule has 0 spiro atoms. The largest absolute Gasteiger partial charge is 0.481 e. The lowest BCUT2D eigenvalue weighted by Crippen LogP contribution is -2.48. The molecule has 1 heterocycles. The number of sulfonamides is 1. The number of benzene rings is 1. The van der Waals surface area contributed by atoms with E-state index in [1.807, 2.05) is 0 Å². The zero-order valence-electron chi connectivity index (χ0n) is 14.1. The van der Waals surface area contributed by atoms with E-state index < -0.39 is 22.0 Å². The first-order valence-electron chi connectivity index (χ1n) is 8.09. The molecule has 1 unspecified atom stereocenters. The molecule has 8 heteroatoms. The number of carbonyl (C=O) groups is 1. The van der Waals surface area contributed by atoms with Gasteiger partial charge in [0.15, 0.2) is 0 Å². The molecule has 7 nitrogen and oxygen atoms in total. The zero-order chi connectivity index (χ0) is 18.3. The van der Waals surface area contributed by atoms with Gasteiger partial charge in [0, 0.05) is 6.54 Å². The smallest absolute Gasteiger partial charge is 0.261 e. The van der Waals surface area contributed by atoms with Crippen LogP contribution in [-0.4, -0.2) is 43.0 Å². The number of nitrogens with one attached hydrogen (secondary N) is 1. The predicted molar refractivity (Wildman–Crippen MR) is 91.5 cm³/mol. The molecule has 0 aliphatic carbocycles. The summed E-state index contributed by atoms with van der Waals surface area (Å²) in [6.45, 7) is 2.18. The zero-order valence-corrected chi connectivity index (χ0v) is 14.9. The number of amides is 1. The number of hydrogen-bond acceptors (Lipinski definition) is 5. The molecular weight excluding hydrogens is 344 g/mol. The van der Waals surface area contributed by atoms with Gasteiger partial charge in [-0.2, -0.15) is 4.31 Å². The number of rotatable bonds is 5. The molecule has 1 amide bonds. The van der Waals surface area contributed by atoms with Crippen LogP contribution < -0.4 is 10.2 Å². The summed E-state index contributed by atoms with van der Waals surface area (Å²) in [7, 11) is -3.85. The van der Waals surface area contributed by atoms with E-state index in [1.165, 1.54) is 16.4 Å². The first-order chi connectivity index (χ1) is 12.0. The molecule has 0 radical (unpaired) electrons. The van der Waals surface area contributed by atoms with Gasteiger partial charge in [0.1, 0.15) is 18.4 Å². The van der Waals surface area contributed by atoms with Gasteiger partial charge >= 0.3 is 0 Å². The first-order valence-corrected chi connectivity index (χ1v) is 9.53. The molecule has 1 aliphatic rings. The van der Waals surface area contributed by atoms with Crippen molar-refractivity contribution in [2.24, 2.45) is 0 Å². The van der Waals surface area contributed by atoms with Crippen LogP contribution in [0.25, 0.3) is 0 Å². The van der Waals surface area contributed by atoms with E-state index in [2.05, 4.69) is 11.8 Å². The van der Waals surface area contributed by atoms with Crippen molar-refractivity contribution in [3.05, 3.63) is 24.3 Å². The predicted octanol–water partition coefficient (Wildman–Crippen LogP) is 1.53.